The van der Waals surface area contributed by atoms with Gasteiger partial charge in [-0.05, 0) is 63.4 Å². The first-order valence-corrected chi connectivity index (χ1v) is 10.2. The number of rotatable bonds is 6. The van der Waals surface area contributed by atoms with Crippen LogP contribution in [-0.2, 0) is 11.3 Å². The van der Waals surface area contributed by atoms with Gasteiger partial charge in [0.05, 0.1) is 18.2 Å². The zero-order valence-corrected chi connectivity index (χ0v) is 18.7. The van der Waals surface area contributed by atoms with Gasteiger partial charge in [0.2, 0.25) is 0 Å². The van der Waals surface area contributed by atoms with E-state index in [1.165, 1.54) is 18.4 Å². The minimum Gasteiger partial charge on any atom is -0.489 e. The van der Waals surface area contributed by atoms with Gasteiger partial charge < -0.3 is 19.3 Å². The predicted octanol–water partition coefficient (Wildman–Crippen LogP) is 4.90. The van der Waals surface area contributed by atoms with Crippen LogP contribution in [0.2, 0.25) is 0 Å². The Hall–Kier alpha value is -3.13. The van der Waals surface area contributed by atoms with Crippen molar-refractivity contribution in [2.45, 2.75) is 41.2 Å². The van der Waals surface area contributed by atoms with Gasteiger partial charge in [-0.1, -0.05) is 11.2 Å². The number of esters is 1. The summed E-state index contributed by atoms with van der Waals surface area (Å²) >= 11 is 1.31. The van der Waals surface area contributed by atoms with E-state index in [-0.39, 0.29) is 12.3 Å². The smallest absolute Gasteiger partial charge is 0.341 e. The van der Waals surface area contributed by atoms with Crippen molar-refractivity contribution in [3.63, 3.8) is 0 Å². The molecule has 3 aromatic rings. The third kappa shape index (κ3) is 4.38. The van der Waals surface area contributed by atoms with E-state index in [4.69, 9.17) is 14.0 Å². The number of carbonyl (C=O) groups is 2. The summed E-state index contributed by atoms with van der Waals surface area (Å²) in [6.45, 7) is 9.54. The van der Waals surface area contributed by atoms with Gasteiger partial charge in [0.25, 0.3) is 5.91 Å². The van der Waals surface area contributed by atoms with Gasteiger partial charge in [-0.3, -0.25) is 4.79 Å². The minimum atomic E-state index is -0.498. The summed E-state index contributed by atoms with van der Waals surface area (Å²) < 4.78 is 16.0. The molecule has 0 unspecified atom stereocenters. The van der Waals surface area contributed by atoms with Crippen LogP contribution in [0.15, 0.2) is 22.7 Å². The fourth-order valence-electron chi connectivity index (χ4n) is 3.14. The number of benzene rings is 1. The van der Waals surface area contributed by atoms with Crippen molar-refractivity contribution in [2.24, 2.45) is 0 Å². The second-order valence-corrected chi connectivity index (χ2v) is 8.34. The van der Waals surface area contributed by atoms with Crippen LogP contribution < -0.4 is 10.1 Å². The first kappa shape index (κ1) is 21.6. The van der Waals surface area contributed by atoms with Crippen molar-refractivity contribution < 1.29 is 23.6 Å². The highest BCUT2D eigenvalue weighted by Gasteiger charge is 2.25. The molecule has 0 radical (unpaired) electrons. The van der Waals surface area contributed by atoms with E-state index in [1.807, 2.05) is 39.8 Å². The van der Waals surface area contributed by atoms with E-state index >= 15 is 0 Å². The van der Waals surface area contributed by atoms with Crippen LogP contribution in [0.1, 0.15) is 53.7 Å². The number of aromatic nitrogens is 1. The first-order valence-electron chi connectivity index (χ1n) is 9.37. The topological polar surface area (TPSA) is 90.7 Å². The maximum Gasteiger partial charge on any atom is 0.341 e. The number of anilines is 1. The SMILES string of the molecule is COC(=O)c1c(NC(=O)c2noc(C)c2COc2cc(C)cc(C)c2)sc(C)c1C. The maximum atomic E-state index is 12.9. The van der Waals surface area contributed by atoms with Crippen LogP contribution in [0.5, 0.6) is 5.75 Å². The zero-order valence-electron chi connectivity index (χ0n) is 17.8. The highest BCUT2D eigenvalue weighted by molar-refractivity contribution is 7.16. The van der Waals surface area contributed by atoms with Crippen LogP contribution in [0.4, 0.5) is 5.00 Å². The lowest BCUT2D eigenvalue weighted by Crippen LogP contribution is -2.17. The minimum absolute atomic E-state index is 0.122. The Bertz CT molecular complexity index is 1090. The monoisotopic (exact) mass is 428 g/mol. The molecular formula is C22H24N2O5S. The third-order valence-corrected chi connectivity index (χ3v) is 5.90. The quantitative estimate of drug-likeness (QED) is 0.562. The summed E-state index contributed by atoms with van der Waals surface area (Å²) in [5.41, 5.74) is 3.97. The van der Waals surface area contributed by atoms with E-state index < -0.39 is 11.9 Å². The fraction of sp³-hybridized carbons (Fsp3) is 0.318. The average molecular weight is 429 g/mol. The molecule has 0 saturated heterocycles. The molecule has 0 bridgehead atoms. The van der Waals surface area contributed by atoms with Crippen LogP contribution >= 0.6 is 11.3 Å². The van der Waals surface area contributed by atoms with E-state index in [2.05, 4.69) is 16.5 Å². The van der Waals surface area contributed by atoms with Crippen molar-refractivity contribution in [2.75, 3.05) is 12.4 Å². The van der Waals surface area contributed by atoms with Crippen molar-refractivity contribution in [3.8, 4) is 5.75 Å². The molecular weight excluding hydrogens is 404 g/mol. The van der Waals surface area contributed by atoms with E-state index in [0.29, 0.717) is 27.6 Å². The molecule has 0 aliphatic carbocycles. The third-order valence-electron chi connectivity index (χ3n) is 4.78. The molecule has 30 heavy (non-hydrogen) atoms. The van der Waals surface area contributed by atoms with Crippen LogP contribution in [-0.4, -0.2) is 24.1 Å². The van der Waals surface area contributed by atoms with Crippen molar-refractivity contribution in [1.82, 2.24) is 5.16 Å². The molecule has 3 rings (SSSR count). The number of aryl methyl sites for hydroxylation is 4. The number of nitrogens with one attached hydrogen (secondary N) is 1. The lowest BCUT2D eigenvalue weighted by Gasteiger charge is -2.09. The van der Waals surface area contributed by atoms with Crippen molar-refractivity contribution >= 4 is 28.2 Å². The lowest BCUT2D eigenvalue weighted by atomic mass is 10.1. The Morgan fingerprint density at radius 2 is 1.77 bits per heavy atom. The standard InChI is InChI=1S/C22H24N2O5S/c1-11-7-12(2)9-16(8-11)28-10-17-14(4)29-24-19(17)20(25)23-21-18(22(26)27-6)13(3)15(5)30-21/h7-9H,10H2,1-6H3,(H,23,25). The summed E-state index contributed by atoms with van der Waals surface area (Å²) in [7, 11) is 1.31. The molecule has 158 valence electrons. The Kier molecular flexibility index (Phi) is 6.26. The molecule has 0 atom stereocenters. The van der Waals surface area contributed by atoms with Gasteiger partial charge in [-0.2, -0.15) is 0 Å². The van der Waals surface area contributed by atoms with Gasteiger partial charge >= 0.3 is 5.97 Å². The second kappa shape index (κ2) is 8.71. The van der Waals surface area contributed by atoms with E-state index in [0.717, 1.165) is 21.6 Å². The highest BCUT2D eigenvalue weighted by Crippen LogP contribution is 2.33. The Balaban J connectivity index is 1.83. The molecule has 1 aromatic carbocycles. The van der Waals surface area contributed by atoms with Crippen LogP contribution in [0.3, 0.4) is 0 Å². The molecule has 1 N–H and O–H groups in total. The number of methoxy groups -OCH3 is 1. The van der Waals surface area contributed by atoms with Gasteiger partial charge in [-0.15, -0.1) is 11.3 Å². The average Bonchev–Trinajstić information content (AvgIpc) is 3.18. The van der Waals surface area contributed by atoms with E-state index in [9.17, 15) is 9.59 Å². The van der Waals surface area contributed by atoms with Gasteiger partial charge in [-0.25, -0.2) is 4.79 Å². The normalized spacial score (nSPS) is 10.7. The van der Waals surface area contributed by atoms with Crippen LogP contribution in [0, 0.1) is 34.6 Å². The first-order chi connectivity index (χ1) is 14.2. The molecule has 0 aliphatic heterocycles. The molecule has 2 heterocycles. The molecule has 2 aromatic heterocycles. The predicted molar refractivity (Wildman–Crippen MR) is 115 cm³/mol. The fourth-order valence-corrected chi connectivity index (χ4v) is 4.18. The molecule has 0 aliphatic rings. The number of amides is 1. The van der Waals surface area contributed by atoms with Crippen molar-refractivity contribution in [3.05, 3.63) is 62.3 Å². The molecule has 0 spiro atoms. The van der Waals surface area contributed by atoms with Gasteiger partial charge in [0.15, 0.2) is 5.69 Å². The Morgan fingerprint density at radius 3 is 2.40 bits per heavy atom. The maximum absolute atomic E-state index is 12.9. The molecule has 0 fully saturated rings. The second-order valence-electron chi connectivity index (χ2n) is 7.11. The van der Waals surface area contributed by atoms with E-state index in [1.54, 1.807) is 6.92 Å². The Morgan fingerprint density at radius 1 is 1.10 bits per heavy atom. The number of thiophene rings is 1. The number of nitrogens with zero attached hydrogens (tertiary/aromatic N) is 1. The number of hydrogen-bond acceptors (Lipinski definition) is 7. The molecule has 7 nitrogen and oxygen atoms in total. The summed E-state index contributed by atoms with van der Waals surface area (Å²) in [5, 5.41) is 7.10. The summed E-state index contributed by atoms with van der Waals surface area (Å²) in [6, 6.07) is 5.91. The van der Waals surface area contributed by atoms with Gasteiger partial charge in [0.1, 0.15) is 23.1 Å². The zero-order chi connectivity index (χ0) is 22.0. The number of hydrogen-bond donors (Lipinski definition) is 1. The summed E-state index contributed by atoms with van der Waals surface area (Å²) in [4.78, 5) is 26.0. The molecule has 1 amide bonds. The largest absolute Gasteiger partial charge is 0.489 e. The molecule has 8 heteroatoms. The lowest BCUT2D eigenvalue weighted by molar-refractivity contribution is 0.0601. The Labute approximate surface area is 179 Å². The van der Waals surface area contributed by atoms with Gasteiger partial charge in [0, 0.05) is 4.88 Å². The molecule has 0 saturated carbocycles. The summed E-state index contributed by atoms with van der Waals surface area (Å²) in [5.74, 6) is 0.229. The number of ether oxygens (including phenoxy) is 2. The van der Waals surface area contributed by atoms with Crippen LogP contribution in [0.25, 0.3) is 0 Å². The summed E-state index contributed by atoms with van der Waals surface area (Å²) in [6.07, 6.45) is 0. The number of carbonyl (C=O) groups excluding carboxylic acids is 2. The highest BCUT2D eigenvalue weighted by atomic mass is 32.1. The van der Waals surface area contributed by atoms with Crippen molar-refractivity contribution in [1.29, 1.82) is 0 Å².